The minimum absolute atomic E-state index is 0.297. The summed E-state index contributed by atoms with van der Waals surface area (Å²) in [5.41, 5.74) is 4.02. The summed E-state index contributed by atoms with van der Waals surface area (Å²) in [6.07, 6.45) is 16.4. The summed E-state index contributed by atoms with van der Waals surface area (Å²) in [6.45, 7) is 11.0. The highest BCUT2D eigenvalue weighted by Crippen LogP contribution is 2.65. The molecule has 1 fully saturated rings. The van der Waals surface area contributed by atoms with Gasteiger partial charge in [-0.25, -0.2) is 4.79 Å². The summed E-state index contributed by atoms with van der Waals surface area (Å²) >= 11 is 0. The number of fused-ring (bicyclic) bond motifs is 2. The molecule has 23 heavy (non-hydrogen) atoms. The zero-order chi connectivity index (χ0) is 17.3. The molecule has 0 amide bonds. The molecule has 0 aromatic heterocycles. The highest BCUT2D eigenvalue weighted by Gasteiger charge is 2.56. The Morgan fingerprint density at radius 1 is 1.22 bits per heavy atom. The Hall–Kier alpha value is -1.83. The molecule has 0 unspecified atom stereocenters. The van der Waals surface area contributed by atoms with Crippen molar-refractivity contribution in [1.82, 2.24) is 0 Å². The Morgan fingerprint density at radius 2 is 1.91 bits per heavy atom. The Bertz CT molecular complexity index is 641. The molecule has 2 rings (SSSR count). The first-order valence-electron chi connectivity index (χ1n) is 8.33. The molecule has 2 bridgehead atoms. The predicted octanol–water partition coefficient (Wildman–Crippen LogP) is 5.46. The second-order valence-electron chi connectivity index (χ2n) is 7.65. The second-order valence-corrected chi connectivity index (χ2v) is 7.65. The molecule has 0 aromatic rings. The van der Waals surface area contributed by atoms with E-state index in [4.69, 9.17) is 5.11 Å². The van der Waals surface area contributed by atoms with E-state index in [1.165, 1.54) is 24.5 Å². The molecule has 2 aliphatic carbocycles. The van der Waals surface area contributed by atoms with Gasteiger partial charge in [0.1, 0.15) is 0 Å². The number of aliphatic carboxylic acids is 1. The van der Waals surface area contributed by atoms with E-state index >= 15 is 0 Å². The van der Waals surface area contributed by atoms with Crippen molar-refractivity contribution in [2.24, 2.45) is 16.7 Å². The van der Waals surface area contributed by atoms with Crippen molar-refractivity contribution in [3.05, 3.63) is 59.3 Å². The lowest BCUT2D eigenvalue weighted by Crippen LogP contribution is -2.29. The average molecular weight is 312 g/mol. The topological polar surface area (TPSA) is 37.3 Å². The molecular formula is C21H28O2. The first-order valence-corrected chi connectivity index (χ1v) is 8.33. The quantitative estimate of drug-likeness (QED) is 0.541. The normalized spacial score (nSPS) is 30.5. The second kappa shape index (κ2) is 6.35. The molecule has 2 nitrogen and oxygen atoms in total. The summed E-state index contributed by atoms with van der Waals surface area (Å²) in [5, 5.41) is 8.67. The van der Waals surface area contributed by atoms with Gasteiger partial charge < -0.3 is 5.11 Å². The summed E-state index contributed by atoms with van der Waals surface area (Å²) in [5.74, 6) is -0.202. The van der Waals surface area contributed by atoms with Crippen LogP contribution in [0.15, 0.2) is 59.3 Å². The average Bonchev–Trinajstić information content (AvgIpc) is 2.77. The van der Waals surface area contributed by atoms with Crippen LogP contribution in [0.4, 0.5) is 0 Å². The molecule has 2 heteroatoms. The maximum Gasteiger partial charge on any atom is 0.328 e. The Kier molecular flexibility index (Phi) is 4.84. The lowest BCUT2D eigenvalue weighted by atomic mass is 9.67. The van der Waals surface area contributed by atoms with E-state index in [-0.39, 0.29) is 0 Å². The van der Waals surface area contributed by atoms with E-state index in [0.29, 0.717) is 16.7 Å². The first-order chi connectivity index (χ1) is 10.7. The third-order valence-electron chi connectivity index (χ3n) is 5.92. The van der Waals surface area contributed by atoms with Gasteiger partial charge in [-0.1, -0.05) is 62.8 Å². The number of hydrogen-bond acceptors (Lipinski definition) is 1. The van der Waals surface area contributed by atoms with Crippen molar-refractivity contribution in [2.75, 3.05) is 0 Å². The molecule has 0 radical (unpaired) electrons. The van der Waals surface area contributed by atoms with Gasteiger partial charge in [0.05, 0.1) is 0 Å². The van der Waals surface area contributed by atoms with Crippen LogP contribution in [0.5, 0.6) is 0 Å². The molecule has 0 spiro atoms. The fourth-order valence-electron chi connectivity index (χ4n) is 3.86. The number of hydrogen-bond donors (Lipinski definition) is 1. The third kappa shape index (κ3) is 3.41. The SMILES string of the molecule is CC(=C/C=C/C(C)=C/C(=O)O)/C=C/C1=C[C@@H]2CC[C@]1(C)C2(C)C. The van der Waals surface area contributed by atoms with Gasteiger partial charge in [0.25, 0.3) is 0 Å². The highest BCUT2D eigenvalue weighted by molar-refractivity contribution is 5.81. The van der Waals surface area contributed by atoms with E-state index < -0.39 is 5.97 Å². The van der Waals surface area contributed by atoms with Crippen LogP contribution in [0, 0.1) is 16.7 Å². The molecule has 1 saturated carbocycles. The van der Waals surface area contributed by atoms with Gasteiger partial charge in [-0.05, 0) is 54.6 Å². The number of carboxylic acids is 1. The predicted molar refractivity (Wildman–Crippen MR) is 96.1 cm³/mol. The number of rotatable bonds is 5. The van der Waals surface area contributed by atoms with Crippen molar-refractivity contribution in [3.63, 3.8) is 0 Å². The van der Waals surface area contributed by atoms with Crippen molar-refractivity contribution in [2.45, 2.75) is 47.5 Å². The Labute approximate surface area is 140 Å². The molecule has 0 saturated heterocycles. The van der Waals surface area contributed by atoms with E-state index in [9.17, 15) is 4.79 Å². The van der Waals surface area contributed by atoms with Gasteiger partial charge >= 0.3 is 5.97 Å². The summed E-state index contributed by atoms with van der Waals surface area (Å²) in [4.78, 5) is 10.6. The third-order valence-corrected chi connectivity index (χ3v) is 5.92. The Balaban J connectivity index is 2.04. The number of carbonyl (C=O) groups is 1. The summed E-state index contributed by atoms with van der Waals surface area (Å²) < 4.78 is 0. The maximum atomic E-state index is 10.6. The van der Waals surface area contributed by atoms with Crippen molar-refractivity contribution >= 4 is 5.97 Å². The van der Waals surface area contributed by atoms with Crippen molar-refractivity contribution < 1.29 is 9.90 Å². The lowest BCUT2D eigenvalue weighted by molar-refractivity contribution is -0.131. The maximum absolute atomic E-state index is 10.6. The van der Waals surface area contributed by atoms with Crippen LogP contribution in [0.2, 0.25) is 0 Å². The molecule has 0 aliphatic heterocycles. The van der Waals surface area contributed by atoms with Gasteiger partial charge in [0, 0.05) is 6.08 Å². The van der Waals surface area contributed by atoms with Gasteiger partial charge in [0.15, 0.2) is 0 Å². The fraction of sp³-hybridized carbons (Fsp3) is 0.476. The van der Waals surface area contributed by atoms with Gasteiger partial charge in [0.2, 0.25) is 0 Å². The molecule has 2 aliphatic rings. The van der Waals surface area contributed by atoms with Crippen LogP contribution in [-0.2, 0) is 4.79 Å². The van der Waals surface area contributed by atoms with E-state index in [0.717, 1.165) is 11.1 Å². The monoisotopic (exact) mass is 312 g/mol. The van der Waals surface area contributed by atoms with Crippen LogP contribution >= 0.6 is 0 Å². The number of allylic oxidation sites excluding steroid dienone is 9. The van der Waals surface area contributed by atoms with Gasteiger partial charge in [-0.3, -0.25) is 0 Å². The van der Waals surface area contributed by atoms with Crippen LogP contribution in [-0.4, -0.2) is 11.1 Å². The Morgan fingerprint density at radius 3 is 2.43 bits per heavy atom. The first kappa shape index (κ1) is 17.5. The van der Waals surface area contributed by atoms with Crippen LogP contribution in [0.1, 0.15) is 47.5 Å². The lowest BCUT2D eigenvalue weighted by Gasteiger charge is -2.36. The minimum Gasteiger partial charge on any atom is -0.478 e. The molecule has 124 valence electrons. The van der Waals surface area contributed by atoms with Gasteiger partial charge in [-0.2, -0.15) is 0 Å². The van der Waals surface area contributed by atoms with Crippen molar-refractivity contribution in [3.8, 4) is 0 Å². The van der Waals surface area contributed by atoms with Crippen molar-refractivity contribution in [1.29, 1.82) is 0 Å². The van der Waals surface area contributed by atoms with E-state index in [1.54, 1.807) is 6.92 Å². The van der Waals surface area contributed by atoms with E-state index in [1.807, 2.05) is 18.2 Å². The van der Waals surface area contributed by atoms with Crippen LogP contribution in [0.25, 0.3) is 0 Å². The molecule has 0 heterocycles. The molecule has 1 N–H and O–H groups in total. The summed E-state index contributed by atoms with van der Waals surface area (Å²) in [7, 11) is 0. The standard InChI is InChI=1S/C21H28O2/c1-15(7-6-8-16(2)13-19(22)23)9-10-18-14-17-11-12-21(18,5)20(17,3)4/h6-10,13-14,17H,11-12H2,1-5H3,(H,22,23)/b8-6+,10-9+,15-7-,16-13+/t17-,21-/m0/s1. The van der Waals surface area contributed by atoms with Gasteiger partial charge in [-0.15, -0.1) is 0 Å². The van der Waals surface area contributed by atoms with E-state index in [2.05, 4.69) is 45.9 Å². The smallest absolute Gasteiger partial charge is 0.328 e. The van der Waals surface area contributed by atoms with Crippen LogP contribution < -0.4 is 0 Å². The zero-order valence-corrected chi connectivity index (χ0v) is 14.9. The molecule has 2 atom stereocenters. The molecular weight excluding hydrogens is 284 g/mol. The zero-order valence-electron chi connectivity index (χ0n) is 14.9. The highest BCUT2D eigenvalue weighted by atomic mass is 16.4. The molecule has 0 aromatic carbocycles. The summed E-state index contributed by atoms with van der Waals surface area (Å²) in [6, 6.07) is 0. The largest absolute Gasteiger partial charge is 0.478 e. The minimum atomic E-state index is -0.910. The number of carboxylic acid groups (broad SMARTS) is 1. The van der Waals surface area contributed by atoms with Crippen LogP contribution in [0.3, 0.4) is 0 Å². The fourth-order valence-corrected chi connectivity index (χ4v) is 3.86.